The molecule has 0 aromatic heterocycles. The Labute approximate surface area is 131 Å². The van der Waals surface area contributed by atoms with Crippen molar-refractivity contribution in [3.8, 4) is 5.75 Å². The fourth-order valence-electron chi connectivity index (χ4n) is 1.88. The summed E-state index contributed by atoms with van der Waals surface area (Å²) in [4.78, 5) is 22.1. The zero-order valence-corrected chi connectivity index (χ0v) is 12.2. The first-order chi connectivity index (χ1) is 11.0. The van der Waals surface area contributed by atoms with Gasteiger partial charge in [-0.05, 0) is 18.2 Å². The summed E-state index contributed by atoms with van der Waals surface area (Å²) < 4.78 is 18.5. The molecule has 0 saturated heterocycles. The molecular weight excluding hydrogens is 305 g/mol. The highest BCUT2D eigenvalue weighted by molar-refractivity contribution is 5.94. The molecule has 0 aliphatic heterocycles. The summed E-state index contributed by atoms with van der Waals surface area (Å²) in [5.41, 5.74) is 0.221. The number of hydrogen-bond donors (Lipinski definition) is 2. The van der Waals surface area contributed by atoms with Crippen molar-refractivity contribution in [2.45, 2.75) is 0 Å². The maximum Gasteiger partial charge on any atom is 0.271 e. The molecule has 2 aromatic carbocycles. The molecule has 8 heteroatoms. The molecule has 120 valence electrons. The Kier molecular flexibility index (Phi) is 5.08. The second-order valence-electron chi connectivity index (χ2n) is 4.52. The quantitative estimate of drug-likeness (QED) is 0.631. The van der Waals surface area contributed by atoms with Crippen molar-refractivity contribution in [1.29, 1.82) is 0 Å². The zero-order chi connectivity index (χ0) is 16.8. The third-order valence-electron chi connectivity index (χ3n) is 2.98. The third kappa shape index (κ3) is 4.16. The van der Waals surface area contributed by atoms with Crippen LogP contribution in [0, 0.1) is 15.9 Å². The SMILES string of the molecule is COc1ccc([N+](=O)[O-])cc1NCC(=O)Nc1ccccc1F. The van der Waals surface area contributed by atoms with Crippen molar-refractivity contribution in [3.05, 3.63) is 58.4 Å². The molecule has 0 bridgehead atoms. The van der Waals surface area contributed by atoms with E-state index in [1.54, 1.807) is 6.07 Å². The van der Waals surface area contributed by atoms with Crippen LogP contribution < -0.4 is 15.4 Å². The van der Waals surface area contributed by atoms with Gasteiger partial charge in [0.1, 0.15) is 11.6 Å². The molecule has 23 heavy (non-hydrogen) atoms. The van der Waals surface area contributed by atoms with Crippen LogP contribution >= 0.6 is 0 Å². The van der Waals surface area contributed by atoms with Gasteiger partial charge >= 0.3 is 0 Å². The largest absolute Gasteiger partial charge is 0.495 e. The van der Waals surface area contributed by atoms with Crippen LogP contribution in [0.2, 0.25) is 0 Å². The Morgan fingerprint density at radius 3 is 2.65 bits per heavy atom. The molecule has 0 radical (unpaired) electrons. The van der Waals surface area contributed by atoms with Crippen molar-refractivity contribution in [2.24, 2.45) is 0 Å². The number of nitrogens with one attached hydrogen (secondary N) is 2. The van der Waals surface area contributed by atoms with E-state index in [0.29, 0.717) is 11.4 Å². The summed E-state index contributed by atoms with van der Waals surface area (Å²) in [5, 5.41) is 15.9. The number of non-ortho nitro benzene ring substituents is 1. The molecule has 1 amide bonds. The number of carbonyl (C=O) groups is 1. The Balaban J connectivity index is 2.05. The van der Waals surface area contributed by atoms with E-state index in [2.05, 4.69) is 10.6 Å². The molecule has 0 spiro atoms. The minimum atomic E-state index is -0.552. The van der Waals surface area contributed by atoms with Crippen LogP contribution in [-0.4, -0.2) is 24.5 Å². The van der Waals surface area contributed by atoms with Crippen LogP contribution in [0.25, 0.3) is 0 Å². The van der Waals surface area contributed by atoms with E-state index in [0.717, 1.165) is 0 Å². The average Bonchev–Trinajstić information content (AvgIpc) is 2.54. The first-order valence-electron chi connectivity index (χ1n) is 6.62. The number of benzene rings is 2. The van der Waals surface area contributed by atoms with Gasteiger partial charge in [-0.25, -0.2) is 4.39 Å². The van der Waals surface area contributed by atoms with Gasteiger partial charge < -0.3 is 15.4 Å². The summed E-state index contributed by atoms with van der Waals surface area (Å²) in [6.07, 6.45) is 0. The van der Waals surface area contributed by atoms with Gasteiger partial charge in [0.25, 0.3) is 5.69 Å². The minimum Gasteiger partial charge on any atom is -0.495 e. The molecule has 2 N–H and O–H groups in total. The van der Waals surface area contributed by atoms with Crippen LogP contribution in [0.1, 0.15) is 0 Å². The standard InChI is InChI=1S/C15H14FN3O4/c1-23-14-7-6-10(19(21)22)8-13(14)17-9-15(20)18-12-5-3-2-4-11(12)16/h2-8,17H,9H2,1H3,(H,18,20). The minimum absolute atomic E-state index is 0.0605. The molecule has 2 aromatic rings. The first-order valence-corrected chi connectivity index (χ1v) is 6.62. The number of amides is 1. The summed E-state index contributed by atoms with van der Waals surface area (Å²) in [5.74, 6) is -0.688. The van der Waals surface area contributed by atoms with Crippen LogP contribution in [0.3, 0.4) is 0 Å². The van der Waals surface area contributed by atoms with Gasteiger partial charge in [-0.2, -0.15) is 0 Å². The number of rotatable bonds is 6. The van der Waals surface area contributed by atoms with Gasteiger partial charge in [-0.3, -0.25) is 14.9 Å². The number of nitro benzene ring substituents is 1. The number of anilines is 2. The van der Waals surface area contributed by atoms with Crippen molar-refractivity contribution in [1.82, 2.24) is 0 Å². The summed E-state index contributed by atoms with van der Waals surface area (Å²) in [7, 11) is 1.41. The van der Waals surface area contributed by atoms with Crippen molar-refractivity contribution in [3.63, 3.8) is 0 Å². The smallest absolute Gasteiger partial charge is 0.271 e. The van der Waals surface area contributed by atoms with E-state index in [1.807, 2.05) is 0 Å². The molecular formula is C15H14FN3O4. The lowest BCUT2D eigenvalue weighted by atomic mass is 10.2. The molecule has 0 fully saturated rings. The number of carbonyl (C=O) groups excluding carboxylic acids is 1. The predicted octanol–water partition coefficient (Wildman–Crippen LogP) is 2.79. The summed E-state index contributed by atoms with van der Waals surface area (Å²) in [6.45, 7) is -0.203. The number of halogens is 1. The lowest BCUT2D eigenvalue weighted by Crippen LogP contribution is -2.22. The second kappa shape index (κ2) is 7.21. The van der Waals surface area contributed by atoms with E-state index in [9.17, 15) is 19.3 Å². The van der Waals surface area contributed by atoms with E-state index in [1.165, 1.54) is 43.5 Å². The fraction of sp³-hybridized carbons (Fsp3) is 0.133. The fourth-order valence-corrected chi connectivity index (χ4v) is 1.88. The molecule has 0 heterocycles. The van der Waals surface area contributed by atoms with Crippen molar-refractivity contribution in [2.75, 3.05) is 24.3 Å². The van der Waals surface area contributed by atoms with E-state index >= 15 is 0 Å². The van der Waals surface area contributed by atoms with E-state index < -0.39 is 16.6 Å². The van der Waals surface area contributed by atoms with Crippen LogP contribution in [0.15, 0.2) is 42.5 Å². The van der Waals surface area contributed by atoms with Crippen LogP contribution in [-0.2, 0) is 4.79 Å². The number of nitro groups is 1. The topological polar surface area (TPSA) is 93.5 Å². The highest BCUT2D eigenvalue weighted by Crippen LogP contribution is 2.28. The van der Waals surface area contributed by atoms with Crippen LogP contribution in [0.5, 0.6) is 5.75 Å². The Bertz CT molecular complexity index is 736. The van der Waals surface area contributed by atoms with Gasteiger partial charge in [0.15, 0.2) is 0 Å². The van der Waals surface area contributed by atoms with Gasteiger partial charge in [-0.1, -0.05) is 12.1 Å². The van der Waals surface area contributed by atoms with E-state index in [4.69, 9.17) is 4.74 Å². The normalized spacial score (nSPS) is 10.0. The molecule has 0 aliphatic carbocycles. The van der Waals surface area contributed by atoms with Crippen molar-refractivity contribution < 1.29 is 18.8 Å². The summed E-state index contributed by atoms with van der Waals surface area (Å²) >= 11 is 0. The predicted molar refractivity (Wildman–Crippen MR) is 83.2 cm³/mol. The van der Waals surface area contributed by atoms with Gasteiger partial charge in [0.2, 0.25) is 5.91 Å². The highest BCUT2D eigenvalue weighted by Gasteiger charge is 2.13. The monoisotopic (exact) mass is 319 g/mol. The van der Waals surface area contributed by atoms with Gasteiger partial charge in [0.05, 0.1) is 30.0 Å². The molecule has 0 saturated carbocycles. The maximum absolute atomic E-state index is 13.4. The van der Waals surface area contributed by atoms with Gasteiger partial charge in [-0.15, -0.1) is 0 Å². The Morgan fingerprint density at radius 2 is 2.00 bits per heavy atom. The maximum atomic E-state index is 13.4. The lowest BCUT2D eigenvalue weighted by Gasteiger charge is -2.11. The number of nitrogens with zero attached hydrogens (tertiary/aromatic N) is 1. The Hall–Kier alpha value is -3.16. The zero-order valence-electron chi connectivity index (χ0n) is 12.2. The molecule has 7 nitrogen and oxygen atoms in total. The number of hydrogen-bond acceptors (Lipinski definition) is 5. The molecule has 2 rings (SSSR count). The van der Waals surface area contributed by atoms with Gasteiger partial charge in [0, 0.05) is 12.1 Å². The summed E-state index contributed by atoms with van der Waals surface area (Å²) in [6, 6.07) is 9.74. The average molecular weight is 319 g/mol. The lowest BCUT2D eigenvalue weighted by molar-refractivity contribution is -0.384. The number of para-hydroxylation sites is 1. The molecule has 0 unspecified atom stereocenters. The number of methoxy groups -OCH3 is 1. The highest BCUT2D eigenvalue weighted by atomic mass is 19.1. The molecule has 0 atom stereocenters. The third-order valence-corrected chi connectivity index (χ3v) is 2.98. The molecule has 0 aliphatic rings. The Morgan fingerprint density at radius 1 is 1.26 bits per heavy atom. The van der Waals surface area contributed by atoms with Crippen LogP contribution in [0.4, 0.5) is 21.5 Å². The first kappa shape index (κ1) is 16.2. The van der Waals surface area contributed by atoms with Crippen molar-refractivity contribution >= 4 is 23.0 Å². The number of ether oxygens (including phenoxy) is 1. The van der Waals surface area contributed by atoms with E-state index in [-0.39, 0.29) is 17.9 Å². The second-order valence-corrected chi connectivity index (χ2v) is 4.52.